The zero-order valence-corrected chi connectivity index (χ0v) is 11.2. The Hall–Kier alpha value is -1.20. The SMILES string of the molecule is CNS(=O)CCc1ccc(NC(C)=O)c(C)c1. The zero-order chi connectivity index (χ0) is 12.8. The van der Waals surface area contributed by atoms with E-state index in [1.54, 1.807) is 7.05 Å². The molecule has 0 bridgehead atoms. The molecule has 1 atom stereocenters. The molecule has 1 unspecified atom stereocenters. The van der Waals surface area contributed by atoms with Crippen molar-refractivity contribution in [2.75, 3.05) is 18.1 Å². The van der Waals surface area contributed by atoms with E-state index in [1.165, 1.54) is 6.92 Å². The van der Waals surface area contributed by atoms with Gasteiger partial charge in [-0.05, 0) is 37.6 Å². The van der Waals surface area contributed by atoms with E-state index in [1.807, 2.05) is 25.1 Å². The molecule has 0 radical (unpaired) electrons. The standard InChI is InChI=1S/C12H18N2O2S/c1-9-8-11(6-7-17(16)13-3)4-5-12(9)14-10(2)15/h4-5,8,13H,6-7H2,1-3H3,(H,14,15). The fourth-order valence-corrected chi connectivity index (χ4v) is 2.15. The molecule has 0 spiro atoms. The first-order valence-electron chi connectivity index (χ1n) is 5.46. The molecule has 0 saturated heterocycles. The van der Waals surface area contributed by atoms with Crippen LogP contribution < -0.4 is 10.0 Å². The molecule has 1 aromatic rings. The molecule has 0 aliphatic carbocycles. The van der Waals surface area contributed by atoms with Crippen molar-refractivity contribution in [2.24, 2.45) is 0 Å². The second kappa shape index (κ2) is 6.51. The molecule has 0 aromatic heterocycles. The van der Waals surface area contributed by atoms with Crippen LogP contribution in [0.2, 0.25) is 0 Å². The summed E-state index contributed by atoms with van der Waals surface area (Å²) in [5, 5.41) is 2.77. The van der Waals surface area contributed by atoms with E-state index in [2.05, 4.69) is 10.0 Å². The van der Waals surface area contributed by atoms with Gasteiger partial charge in [-0.3, -0.25) is 4.79 Å². The number of hydrogen-bond acceptors (Lipinski definition) is 2. The van der Waals surface area contributed by atoms with Crippen LogP contribution in [-0.2, 0) is 22.2 Å². The highest BCUT2D eigenvalue weighted by Gasteiger charge is 2.03. The summed E-state index contributed by atoms with van der Waals surface area (Å²) >= 11 is 0. The molecule has 4 nitrogen and oxygen atoms in total. The number of rotatable bonds is 5. The molecule has 2 N–H and O–H groups in total. The molecular formula is C12H18N2O2S. The molecule has 0 saturated carbocycles. The lowest BCUT2D eigenvalue weighted by molar-refractivity contribution is -0.114. The van der Waals surface area contributed by atoms with Gasteiger partial charge in [0.15, 0.2) is 0 Å². The lowest BCUT2D eigenvalue weighted by Crippen LogP contribution is -2.15. The molecule has 17 heavy (non-hydrogen) atoms. The summed E-state index contributed by atoms with van der Waals surface area (Å²) in [6.07, 6.45) is 0.759. The van der Waals surface area contributed by atoms with Gasteiger partial charge in [0.05, 0.1) is 11.0 Å². The van der Waals surface area contributed by atoms with E-state index < -0.39 is 11.0 Å². The Kier molecular flexibility index (Phi) is 5.31. The Morgan fingerprint density at radius 3 is 2.65 bits per heavy atom. The minimum absolute atomic E-state index is 0.0721. The first-order chi connectivity index (χ1) is 8.02. The quantitative estimate of drug-likeness (QED) is 0.834. The van der Waals surface area contributed by atoms with Crippen molar-refractivity contribution in [3.05, 3.63) is 29.3 Å². The van der Waals surface area contributed by atoms with E-state index in [4.69, 9.17) is 0 Å². The van der Waals surface area contributed by atoms with Gasteiger partial charge >= 0.3 is 0 Å². The maximum absolute atomic E-state index is 11.2. The summed E-state index contributed by atoms with van der Waals surface area (Å²) < 4.78 is 13.9. The second-order valence-corrected chi connectivity index (χ2v) is 5.34. The Balaban J connectivity index is 2.68. The van der Waals surface area contributed by atoms with Crippen molar-refractivity contribution in [1.29, 1.82) is 0 Å². The largest absolute Gasteiger partial charge is 0.326 e. The number of carbonyl (C=O) groups is 1. The monoisotopic (exact) mass is 254 g/mol. The third kappa shape index (κ3) is 4.66. The van der Waals surface area contributed by atoms with Gasteiger partial charge < -0.3 is 5.32 Å². The van der Waals surface area contributed by atoms with Gasteiger partial charge in [0, 0.05) is 18.4 Å². The molecule has 94 valence electrons. The van der Waals surface area contributed by atoms with Crippen LogP contribution in [0.3, 0.4) is 0 Å². The third-order valence-corrected chi connectivity index (χ3v) is 3.44. The van der Waals surface area contributed by atoms with Gasteiger partial charge in [-0.2, -0.15) is 0 Å². The molecule has 0 heterocycles. The number of carbonyl (C=O) groups excluding carboxylic acids is 1. The van der Waals surface area contributed by atoms with Gasteiger partial charge in [0.25, 0.3) is 0 Å². The average Bonchev–Trinajstić information content (AvgIpc) is 2.28. The highest BCUT2D eigenvalue weighted by Crippen LogP contribution is 2.16. The Labute approximate surface area is 104 Å². The molecule has 0 aliphatic rings. The Bertz CT molecular complexity index is 433. The molecular weight excluding hydrogens is 236 g/mol. The predicted octanol–water partition coefficient (Wildman–Crippen LogP) is 1.38. The van der Waals surface area contributed by atoms with Crippen molar-refractivity contribution in [3.8, 4) is 0 Å². The van der Waals surface area contributed by atoms with Gasteiger partial charge in [-0.1, -0.05) is 12.1 Å². The number of aryl methyl sites for hydroxylation is 2. The van der Waals surface area contributed by atoms with Crippen molar-refractivity contribution < 1.29 is 9.00 Å². The first kappa shape index (κ1) is 13.9. The van der Waals surface area contributed by atoms with Gasteiger partial charge in [0.1, 0.15) is 0 Å². The predicted molar refractivity (Wildman–Crippen MR) is 71.3 cm³/mol. The van der Waals surface area contributed by atoms with Crippen LogP contribution in [0.1, 0.15) is 18.1 Å². The van der Waals surface area contributed by atoms with Crippen molar-refractivity contribution in [3.63, 3.8) is 0 Å². The molecule has 0 fully saturated rings. The maximum Gasteiger partial charge on any atom is 0.221 e. The topological polar surface area (TPSA) is 58.2 Å². The minimum Gasteiger partial charge on any atom is -0.326 e. The molecule has 5 heteroatoms. The van der Waals surface area contributed by atoms with Gasteiger partial charge in [-0.25, -0.2) is 8.93 Å². The Morgan fingerprint density at radius 2 is 2.12 bits per heavy atom. The lowest BCUT2D eigenvalue weighted by Gasteiger charge is -2.08. The fourth-order valence-electron chi connectivity index (χ4n) is 1.52. The smallest absolute Gasteiger partial charge is 0.221 e. The number of nitrogens with one attached hydrogen (secondary N) is 2. The zero-order valence-electron chi connectivity index (χ0n) is 10.4. The first-order valence-corrected chi connectivity index (χ1v) is 6.77. The van der Waals surface area contributed by atoms with Gasteiger partial charge in [-0.15, -0.1) is 0 Å². The van der Waals surface area contributed by atoms with E-state index in [0.717, 1.165) is 23.2 Å². The van der Waals surface area contributed by atoms with E-state index in [0.29, 0.717) is 5.75 Å². The van der Waals surface area contributed by atoms with Crippen LogP contribution in [0.25, 0.3) is 0 Å². The number of amides is 1. The average molecular weight is 254 g/mol. The van der Waals surface area contributed by atoms with Crippen molar-refractivity contribution >= 4 is 22.6 Å². The van der Waals surface area contributed by atoms with Crippen LogP contribution in [0.5, 0.6) is 0 Å². The van der Waals surface area contributed by atoms with Gasteiger partial charge in [0.2, 0.25) is 5.91 Å². The number of benzene rings is 1. The van der Waals surface area contributed by atoms with Crippen molar-refractivity contribution in [1.82, 2.24) is 4.72 Å². The van der Waals surface area contributed by atoms with Crippen LogP contribution in [0.4, 0.5) is 5.69 Å². The van der Waals surface area contributed by atoms with Crippen LogP contribution in [-0.4, -0.2) is 22.9 Å². The molecule has 1 rings (SSSR count). The fraction of sp³-hybridized carbons (Fsp3) is 0.417. The summed E-state index contributed by atoms with van der Waals surface area (Å²) in [7, 11) is 0.713. The van der Waals surface area contributed by atoms with E-state index >= 15 is 0 Å². The summed E-state index contributed by atoms with van der Waals surface area (Å²) in [5.41, 5.74) is 2.98. The Morgan fingerprint density at radius 1 is 1.41 bits per heavy atom. The lowest BCUT2D eigenvalue weighted by atomic mass is 10.1. The molecule has 0 aliphatic heterocycles. The summed E-state index contributed by atoms with van der Waals surface area (Å²) in [4.78, 5) is 10.9. The van der Waals surface area contributed by atoms with E-state index in [9.17, 15) is 9.00 Å². The highest BCUT2D eigenvalue weighted by atomic mass is 32.2. The third-order valence-electron chi connectivity index (χ3n) is 2.41. The normalized spacial score (nSPS) is 12.2. The molecule has 1 amide bonds. The summed E-state index contributed by atoms with van der Waals surface area (Å²) in [5.74, 6) is 0.521. The van der Waals surface area contributed by atoms with Crippen LogP contribution in [0, 0.1) is 6.92 Å². The van der Waals surface area contributed by atoms with Crippen LogP contribution in [0.15, 0.2) is 18.2 Å². The van der Waals surface area contributed by atoms with E-state index in [-0.39, 0.29) is 5.91 Å². The second-order valence-electron chi connectivity index (χ2n) is 3.83. The number of hydrogen-bond donors (Lipinski definition) is 2. The molecule has 1 aromatic carbocycles. The minimum atomic E-state index is -0.968. The summed E-state index contributed by atoms with van der Waals surface area (Å²) in [6.45, 7) is 3.44. The highest BCUT2D eigenvalue weighted by molar-refractivity contribution is 7.82. The summed E-state index contributed by atoms with van der Waals surface area (Å²) in [6, 6.07) is 5.84. The van der Waals surface area contributed by atoms with Crippen LogP contribution >= 0.6 is 0 Å². The number of anilines is 1. The van der Waals surface area contributed by atoms with Crippen molar-refractivity contribution in [2.45, 2.75) is 20.3 Å². The maximum atomic E-state index is 11.2.